The molecule has 1 saturated carbocycles. The van der Waals surface area contributed by atoms with Crippen LogP contribution in [-0.4, -0.2) is 128 Å². The molecule has 386 valence electrons. The minimum Gasteiger partial charge on any atom is -0.493 e. The van der Waals surface area contributed by atoms with Crippen molar-refractivity contribution in [3.05, 3.63) is 95.3 Å². The van der Waals surface area contributed by atoms with Crippen molar-refractivity contribution in [1.82, 2.24) is 20.1 Å². The van der Waals surface area contributed by atoms with Gasteiger partial charge in [-0.15, -0.1) is 0 Å². The average molecular weight is 1000 g/mol. The van der Waals surface area contributed by atoms with Crippen molar-refractivity contribution in [2.45, 2.75) is 89.9 Å². The summed E-state index contributed by atoms with van der Waals surface area (Å²) in [6.45, 7) is 6.29. The molecular weight excluding hydrogens is 941 g/mol. The van der Waals surface area contributed by atoms with Gasteiger partial charge in [-0.2, -0.15) is 0 Å². The number of anilines is 3. The van der Waals surface area contributed by atoms with Crippen LogP contribution in [0.4, 0.5) is 21.9 Å². The van der Waals surface area contributed by atoms with Gasteiger partial charge in [0.15, 0.2) is 29.2 Å². The molecule has 73 heavy (non-hydrogen) atoms. The Morgan fingerprint density at radius 2 is 1.58 bits per heavy atom. The van der Waals surface area contributed by atoms with Gasteiger partial charge in [-0.1, -0.05) is 26.0 Å². The number of hydrogen-bond acceptors (Lipinski definition) is 15. The molecule has 9 rings (SSSR count). The molecule has 1 unspecified atom stereocenters. The summed E-state index contributed by atoms with van der Waals surface area (Å²) in [6.07, 6.45) is 4.70. The van der Waals surface area contributed by atoms with Gasteiger partial charge >= 0.3 is 6.09 Å². The summed E-state index contributed by atoms with van der Waals surface area (Å²) in [5.41, 5.74) is 10.1. The van der Waals surface area contributed by atoms with Crippen LogP contribution in [0.25, 0.3) is 5.57 Å². The number of methoxy groups -OCH3 is 3. The lowest BCUT2D eigenvalue weighted by Gasteiger charge is -2.31. The molecule has 1 spiro atoms. The summed E-state index contributed by atoms with van der Waals surface area (Å²) in [7, 11) is 4.53. The lowest BCUT2D eigenvalue weighted by Crippen LogP contribution is -2.50. The maximum atomic E-state index is 14.3. The molecular formula is C53H62N8O12. The second-order valence-electron chi connectivity index (χ2n) is 19.5. The highest BCUT2D eigenvalue weighted by Crippen LogP contribution is 2.57. The second-order valence-corrected chi connectivity index (χ2v) is 19.5. The number of aliphatic hydroxyl groups excluding tert-OH is 1. The van der Waals surface area contributed by atoms with Crippen LogP contribution in [0.2, 0.25) is 0 Å². The maximum absolute atomic E-state index is 14.3. The van der Waals surface area contributed by atoms with E-state index in [0.717, 1.165) is 28.9 Å². The lowest BCUT2D eigenvalue weighted by molar-refractivity contribution is -0.127. The number of carbonyl (C=O) groups excluding carboxylic acids is 5. The van der Waals surface area contributed by atoms with Gasteiger partial charge in [0.2, 0.25) is 17.7 Å². The first kappa shape index (κ1) is 50.4. The minimum absolute atomic E-state index is 0.0980. The second kappa shape index (κ2) is 20.9. The number of carbonyl (C=O) groups is 5. The van der Waals surface area contributed by atoms with E-state index >= 15 is 0 Å². The molecule has 5 heterocycles. The van der Waals surface area contributed by atoms with Crippen LogP contribution < -0.4 is 50.3 Å². The molecule has 20 heteroatoms. The number of nitrogens with two attached hydrogens (primary N) is 1. The first-order chi connectivity index (χ1) is 35.1. The summed E-state index contributed by atoms with van der Waals surface area (Å²) in [6, 6.07) is 14.5. The van der Waals surface area contributed by atoms with E-state index in [2.05, 4.69) is 20.9 Å². The zero-order valence-electron chi connectivity index (χ0n) is 41.8. The molecule has 6 N–H and O–H groups in total. The number of aromatic nitrogens is 1. The average Bonchev–Trinajstić information content (AvgIpc) is 3.90. The molecule has 1 aliphatic carbocycles. The molecule has 5 amide bonds. The molecule has 1 saturated heterocycles. The van der Waals surface area contributed by atoms with Gasteiger partial charge < -0.3 is 65.0 Å². The van der Waals surface area contributed by atoms with Crippen LogP contribution in [0, 0.1) is 11.3 Å². The number of ether oxygens (including phenoxy) is 6. The number of nitrogens with one attached hydrogen (secondary N) is 3. The summed E-state index contributed by atoms with van der Waals surface area (Å²) in [4.78, 5) is 76.6. The topological polar surface area (TPSA) is 246 Å². The predicted octanol–water partition coefficient (Wildman–Crippen LogP) is 5.53. The van der Waals surface area contributed by atoms with Gasteiger partial charge in [0.1, 0.15) is 12.6 Å². The van der Waals surface area contributed by atoms with Gasteiger partial charge in [0.05, 0.1) is 75.2 Å². The van der Waals surface area contributed by atoms with Gasteiger partial charge in [-0.05, 0) is 91.0 Å². The van der Waals surface area contributed by atoms with Crippen LogP contribution in [0.5, 0.6) is 28.9 Å². The van der Waals surface area contributed by atoms with Crippen LogP contribution in [0.3, 0.4) is 0 Å². The number of pyridine rings is 1. The standard InChI is InChI=1S/C53H62N8O12/c1-29(2)46(54)48(63)57-30(3)47(62)58-34-11-8-31(9-12-34)27-73-52(67)61-39-22-44(42(69-5)20-37(39)50(65)60-28-53(14-15-53)23-40(60)51(61)66)72-17-7-16-71-43-21-38-36(19-41(43)68-4)49(64)59-26-33(18-35(59)25-55-38)32-10-13-45(70-6)56-24-32/h8-13,19-22,24,26,29-30,35,40,46,51,55,66H,7,14-18,23,25,27-28,54H2,1-6H3,(H,57,63)(H,58,62)/t30-,35-,40-,46-,51?/m0/s1. The van der Waals surface area contributed by atoms with Crippen LogP contribution in [0.15, 0.2) is 73.1 Å². The fourth-order valence-electron chi connectivity index (χ4n) is 9.72. The molecule has 3 aromatic carbocycles. The van der Waals surface area contributed by atoms with Crippen LogP contribution in [0.1, 0.15) is 84.7 Å². The molecule has 2 fully saturated rings. The molecule has 4 aliphatic heterocycles. The summed E-state index contributed by atoms with van der Waals surface area (Å²) < 4.78 is 34.9. The number of benzene rings is 3. The van der Waals surface area contributed by atoms with Crippen molar-refractivity contribution in [2.24, 2.45) is 17.1 Å². The number of amides is 5. The molecule has 0 radical (unpaired) electrons. The van der Waals surface area contributed by atoms with Crippen molar-refractivity contribution < 1.29 is 57.5 Å². The van der Waals surface area contributed by atoms with E-state index in [0.29, 0.717) is 72.2 Å². The van der Waals surface area contributed by atoms with E-state index in [9.17, 15) is 29.1 Å². The van der Waals surface area contributed by atoms with E-state index in [4.69, 9.17) is 34.2 Å². The molecule has 5 aliphatic rings. The Bertz CT molecular complexity index is 2800. The predicted molar refractivity (Wildman–Crippen MR) is 269 cm³/mol. The fourth-order valence-corrected chi connectivity index (χ4v) is 9.72. The SMILES string of the molecule is COc1ccc(C2=CN3C(=O)c4cc(OC)c(OCCCOc5cc6c(cc5OC)C(=O)N5CC7(CC7)C[C@H]5C(O)N6C(=O)OCc5ccc(NC(=O)[C@H](C)NC(=O)[C@@H](N)C(C)C)cc5)cc4NC[C@@H]3C2)cn1. The third-order valence-electron chi connectivity index (χ3n) is 14.3. The number of aliphatic hydroxyl groups is 1. The number of hydrogen-bond donors (Lipinski definition) is 5. The maximum Gasteiger partial charge on any atom is 0.416 e. The molecule has 4 aromatic rings. The highest BCUT2D eigenvalue weighted by Gasteiger charge is 2.58. The van der Waals surface area contributed by atoms with Gasteiger partial charge in [-0.25, -0.2) is 14.7 Å². The monoisotopic (exact) mass is 1000 g/mol. The summed E-state index contributed by atoms with van der Waals surface area (Å²) >= 11 is 0. The zero-order valence-corrected chi connectivity index (χ0v) is 41.8. The van der Waals surface area contributed by atoms with E-state index in [1.54, 1.807) is 72.5 Å². The summed E-state index contributed by atoms with van der Waals surface area (Å²) in [5.74, 6) is 0.337. The third kappa shape index (κ3) is 10.4. The molecule has 1 aromatic heterocycles. The highest BCUT2D eigenvalue weighted by molar-refractivity contribution is 6.06. The van der Waals surface area contributed by atoms with Crippen molar-refractivity contribution in [2.75, 3.05) is 63.2 Å². The zero-order chi connectivity index (χ0) is 51.7. The van der Waals surface area contributed by atoms with Crippen LogP contribution >= 0.6 is 0 Å². The Morgan fingerprint density at radius 3 is 2.22 bits per heavy atom. The van der Waals surface area contributed by atoms with E-state index in [1.165, 1.54) is 26.4 Å². The molecule has 5 atom stereocenters. The van der Waals surface area contributed by atoms with Gasteiger partial charge in [0, 0.05) is 55.8 Å². The Kier molecular flexibility index (Phi) is 14.4. The first-order valence-corrected chi connectivity index (χ1v) is 24.5. The van der Waals surface area contributed by atoms with Crippen molar-refractivity contribution in [3.8, 4) is 28.9 Å². The fraction of sp³-hybridized carbons (Fsp3) is 0.434. The van der Waals surface area contributed by atoms with E-state index < -0.39 is 42.3 Å². The number of rotatable bonds is 17. The lowest BCUT2D eigenvalue weighted by atomic mass is 10.0. The smallest absolute Gasteiger partial charge is 0.416 e. The van der Waals surface area contributed by atoms with Gasteiger partial charge in [0.25, 0.3) is 11.8 Å². The van der Waals surface area contributed by atoms with Crippen molar-refractivity contribution in [1.29, 1.82) is 0 Å². The quantitative estimate of drug-likeness (QED) is 0.0817. The summed E-state index contributed by atoms with van der Waals surface area (Å²) in [5, 5.41) is 20.9. The normalized spacial score (nSPS) is 20.0. The van der Waals surface area contributed by atoms with Gasteiger partial charge in [-0.3, -0.25) is 19.2 Å². The molecule has 20 nitrogen and oxygen atoms in total. The Balaban J connectivity index is 0.856. The number of fused-ring (bicyclic) bond motifs is 4. The Morgan fingerprint density at radius 1 is 0.877 bits per heavy atom. The molecule has 0 bridgehead atoms. The highest BCUT2D eigenvalue weighted by atomic mass is 16.6. The van der Waals surface area contributed by atoms with E-state index in [1.807, 2.05) is 26.1 Å². The first-order valence-electron chi connectivity index (χ1n) is 24.5. The van der Waals surface area contributed by atoms with Crippen molar-refractivity contribution >= 4 is 52.4 Å². The Labute approximate surface area is 423 Å². The third-order valence-corrected chi connectivity index (χ3v) is 14.3. The largest absolute Gasteiger partial charge is 0.493 e. The van der Waals surface area contributed by atoms with Crippen molar-refractivity contribution in [3.63, 3.8) is 0 Å². The minimum atomic E-state index is -1.44. The van der Waals surface area contributed by atoms with Crippen LogP contribution in [-0.2, 0) is 20.9 Å². The number of nitrogens with zero attached hydrogens (tertiary/aromatic N) is 4. The van der Waals surface area contributed by atoms with E-state index in [-0.39, 0.29) is 71.8 Å². The Hall–Kier alpha value is -7.58.